The number of hydrogen-bond donors (Lipinski definition) is 2. The van der Waals surface area contributed by atoms with Gasteiger partial charge in [0.2, 0.25) is 0 Å². The van der Waals surface area contributed by atoms with Crippen LogP contribution in [0.25, 0.3) is 11.0 Å². The van der Waals surface area contributed by atoms with Gasteiger partial charge >= 0.3 is 10.3 Å². The third kappa shape index (κ3) is 6.07. The zero-order valence-electron chi connectivity index (χ0n) is 23.6. The second-order valence-corrected chi connectivity index (χ2v) is 18.5. The fourth-order valence-electron chi connectivity index (χ4n) is 5.86. The van der Waals surface area contributed by atoms with Gasteiger partial charge in [0.25, 0.3) is 0 Å². The van der Waals surface area contributed by atoms with Crippen molar-refractivity contribution < 1.29 is 17.0 Å². The van der Waals surface area contributed by atoms with Crippen molar-refractivity contribution in [2.75, 3.05) is 11.9 Å². The van der Waals surface area contributed by atoms with Gasteiger partial charge in [0, 0.05) is 18.3 Å². The highest BCUT2D eigenvalue weighted by molar-refractivity contribution is 7.84. The molecule has 11 heteroatoms. The molecule has 0 bridgehead atoms. The Balaban J connectivity index is 1.38. The number of nitrogens with zero attached hydrogens (tertiary/aromatic N) is 3. The van der Waals surface area contributed by atoms with Crippen molar-refractivity contribution in [1.82, 2.24) is 14.5 Å². The zero-order valence-corrected chi connectivity index (χ0v) is 25.4. The molecular weight excluding hydrogens is 530 g/mol. The fraction of sp³-hybridized carbons (Fsp3) is 0.571. The molecule has 0 amide bonds. The van der Waals surface area contributed by atoms with Crippen molar-refractivity contribution in [2.24, 2.45) is 11.1 Å². The highest BCUT2D eigenvalue weighted by Gasteiger charge is 2.44. The zero-order chi connectivity index (χ0) is 28.0. The topological polar surface area (TPSA) is 121 Å². The Bertz CT molecular complexity index is 1440. The lowest BCUT2D eigenvalue weighted by atomic mass is 10.0. The van der Waals surface area contributed by atoms with Crippen LogP contribution in [-0.2, 0) is 25.3 Å². The minimum absolute atomic E-state index is 0.00634. The summed E-state index contributed by atoms with van der Waals surface area (Å²) in [5.74, 6) is 1.00. The van der Waals surface area contributed by atoms with Gasteiger partial charge in [-0.2, -0.15) is 8.42 Å². The van der Waals surface area contributed by atoms with E-state index in [2.05, 4.69) is 90.2 Å². The van der Waals surface area contributed by atoms with Gasteiger partial charge in [0.15, 0.2) is 8.32 Å². The number of hydrogen-bond acceptors (Lipinski definition) is 7. The van der Waals surface area contributed by atoms with E-state index in [1.807, 2.05) is 0 Å². The minimum atomic E-state index is -3.97. The molecule has 39 heavy (non-hydrogen) atoms. The van der Waals surface area contributed by atoms with Crippen molar-refractivity contribution in [3.63, 3.8) is 0 Å². The van der Waals surface area contributed by atoms with Crippen LogP contribution in [0.4, 0.5) is 5.82 Å². The summed E-state index contributed by atoms with van der Waals surface area (Å²) in [7, 11) is -6.02. The van der Waals surface area contributed by atoms with Gasteiger partial charge in [-0.15, -0.1) is 0 Å². The summed E-state index contributed by atoms with van der Waals surface area (Å²) >= 11 is 0. The third-order valence-electron chi connectivity index (χ3n) is 8.94. The standard InChI is InChI=1S/C28H41N5O4SSi/c1-28(2,3)39(4,5)37-25-17-21(16-20(25)13-15-36-38(29,34)35)33-14-12-23-26(30-18-31-27(23)33)32-24-11-10-19-8-6-7-9-22(19)24/h6-9,12,14,18,20-21,24-25H,10-11,13,15-17H2,1-5H3,(H2,29,34,35)(H,30,31,32)/t20-,21-,24+,25+/m1/s1. The van der Waals surface area contributed by atoms with Crippen LogP contribution >= 0.6 is 0 Å². The lowest BCUT2D eigenvalue weighted by molar-refractivity contribution is 0.124. The van der Waals surface area contributed by atoms with E-state index < -0.39 is 18.6 Å². The number of nitrogens with two attached hydrogens (primary N) is 1. The molecule has 0 radical (unpaired) electrons. The van der Waals surface area contributed by atoms with Crippen molar-refractivity contribution in [3.8, 4) is 0 Å². The molecule has 5 rings (SSSR count). The van der Waals surface area contributed by atoms with Crippen molar-refractivity contribution in [2.45, 2.75) is 89.2 Å². The average molecular weight is 572 g/mol. The molecule has 9 nitrogen and oxygen atoms in total. The molecule has 3 N–H and O–H groups in total. The molecule has 0 unspecified atom stereocenters. The molecular formula is C28H41N5O4SSi. The quantitative estimate of drug-likeness (QED) is 0.326. The highest BCUT2D eigenvalue weighted by atomic mass is 32.2. The first kappa shape index (κ1) is 28.2. The van der Waals surface area contributed by atoms with E-state index in [9.17, 15) is 8.42 Å². The van der Waals surface area contributed by atoms with Gasteiger partial charge in [-0.05, 0) is 73.3 Å². The van der Waals surface area contributed by atoms with Crippen LogP contribution in [-0.4, -0.2) is 44.0 Å². The Hall–Kier alpha value is -2.31. The van der Waals surface area contributed by atoms with E-state index in [0.717, 1.165) is 42.5 Å². The van der Waals surface area contributed by atoms with Crippen LogP contribution in [0.5, 0.6) is 0 Å². The van der Waals surface area contributed by atoms with Crippen LogP contribution in [0.2, 0.25) is 18.1 Å². The summed E-state index contributed by atoms with van der Waals surface area (Å²) in [5.41, 5.74) is 3.64. The maximum atomic E-state index is 11.4. The van der Waals surface area contributed by atoms with Gasteiger partial charge in [-0.3, -0.25) is 4.18 Å². The van der Waals surface area contributed by atoms with Crippen LogP contribution in [0.15, 0.2) is 42.9 Å². The molecule has 1 saturated carbocycles. The molecule has 1 fully saturated rings. The molecule has 2 aliphatic rings. The first-order valence-electron chi connectivity index (χ1n) is 13.8. The van der Waals surface area contributed by atoms with Gasteiger partial charge in [-0.25, -0.2) is 15.1 Å². The molecule has 0 saturated heterocycles. The van der Waals surface area contributed by atoms with Crippen LogP contribution < -0.4 is 10.5 Å². The summed E-state index contributed by atoms with van der Waals surface area (Å²) < 4.78 is 36.8. The second kappa shape index (κ2) is 10.6. The molecule has 1 aromatic carbocycles. The molecule has 212 valence electrons. The van der Waals surface area contributed by atoms with E-state index in [-0.39, 0.29) is 35.8 Å². The van der Waals surface area contributed by atoms with E-state index in [1.165, 1.54) is 11.1 Å². The predicted molar refractivity (Wildman–Crippen MR) is 156 cm³/mol. The first-order chi connectivity index (χ1) is 18.3. The SMILES string of the molecule is CC(C)(C)[Si](C)(C)O[C@H]1C[C@H](n2ccc3c(N[C@H]4CCc5ccccc54)ncnc32)C[C@H]1CCOS(N)(=O)=O. The number of nitrogens with one attached hydrogen (secondary N) is 1. The summed E-state index contributed by atoms with van der Waals surface area (Å²) in [6, 6.07) is 11.1. The predicted octanol–water partition coefficient (Wildman–Crippen LogP) is 5.48. The second-order valence-electron chi connectivity index (χ2n) is 12.5. The van der Waals surface area contributed by atoms with Gasteiger partial charge in [0.05, 0.1) is 18.0 Å². The van der Waals surface area contributed by atoms with E-state index in [1.54, 1.807) is 6.33 Å². The normalized spacial score (nSPS) is 23.8. The van der Waals surface area contributed by atoms with Crippen LogP contribution in [0.1, 0.15) is 69.7 Å². The summed E-state index contributed by atoms with van der Waals surface area (Å²) in [6.07, 6.45) is 8.10. The largest absolute Gasteiger partial charge is 0.414 e. The van der Waals surface area contributed by atoms with Crippen LogP contribution in [0, 0.1) is 5.92 Å². The summed E-state index contributed by atoms with van der Waals surface area (Å²) in [6.45, 7) is 11.3. The first-order valence-corrected chi connectivity index (χ1v) is 18.2. The Morgan fingerprint density at radius 3 is 2.67 bits per heavy atom. The number of benzene rings is 1. The fourth-order valence-corrected chi connectivity index (χ4v) is 7.58. The molecule has 0 aliphatic heterocycles. The number of aromatic nitrogens is 3. The number of rotatable bonds is 9. The number of aryl methyl sites for hydroxylation is 1. The Kier molecular flexibility index (Phi) is 7.66. The van der Waals surface area contributed by atoms with E-state index in [4.69, 9.17) is 13.7 Å². The molecule has 3 aromatic rings. The molecule has 0 spiro atoms. The minimum Gasteiger partial charge on any atom is -0.414 e. The smallest absolute Gasteiger partial charge is 0.333 e. The van der Waals surface area contributed by atoms with E-state index in [0.29, 0.717) is 6.42 Å². The Morgan fingerprint density at radius 1 is 1.15 bits per heavy atom. The van der Waals surface area contributed by atoms with Gasteiger partial charge in [-0.1, -0.05) is 45.0 Å². The summed E-state index contributed by atoms with van der Waals surface area (Å²) in [5, 5.41) is 9.84. The Morgan fingerprint density at radius 2 is 1.92 bits per heavy atom. The maximum Gasteiger partial charge on any atom is 0.333 e. The molecule has 2 aliphatic carbocycles. The highest BCUT2D eigenvalue weighted by Crippen LogP contribution is 2.45. The lowest BCUT2D eigenvalue weighted by Gasteiger charge is -2.40. The number of anilines is 1. The van der Waals surface area contributed by atoms with E-state index >= 15 is 0 Å². The molecule has 2 aromatic heterocycles. The van der Waals surface area contributed by atoms with Gasteiger partial charge in [0.1, 0.15) is 17.8 Å². The third-order valence-corrected chi connectivity index (χ3v) is 13.9. The van der Waals surface area contributed by atoms with Crippen molar-refractivity contribution in [1.29, 1.82) is 0 Å². The summed E-state index contributed by atoms with van der Waals surface area (Å²) in [4.78, 5) is 9.30. The monoisotopic (exact) mass is 571 g/mol. The average Bonchev–Trinajstić information content (AvgIpc) is 3.55. The lowest BCUT2D eigenvalue weighted by Crippen LogP contribution is -2.45. The van der Waals surface area contributed by atoms with Crippen LogP contribution in [0.3, 0.4) is 0 Å². The van der Waals surface area contributed by atoms with Crippen molar-refractivity contribution in [3.05, 3.63) is 54.0 Å². The van der Waals surface area contributed by atoms with Gasteiger partial charge < -0.3 is 14.3 Å². The molecule has 2 heterocycles. The Labute approximate surface area is 232 Å². The van der Waals surface area contributed by atoms with Crippen molar-refractivity contribution >= 4 is 35.5 Å². The maximum absolute atomic E-state index is 11.4. The molecule has 4 atom stereocenters. The number of fused-ring (bicyclic) bond motifs is 2.